The summed E-state index contributed by atoms with van der Waals surface area (Å²) in [5.41, 5.74) is 7.65. The number of nitrogen functional groups attached to an aromatic ring is 1. The smallest absolute Gasteiger partial charge is 0.870 e. The number of hydroxylamine groups is 1. The molecule has 0 aliphatic heterocycles. The van der Waals surface area contributed by atoms with Gasteiger partial charge in [-0.1, -0.05) is 0 Å². The minimum atomic E-state index is -0.784. The number of hydrogen-bond donors (Lipinski definition) is 8. The van der Waals surface area contributed by atoms with Gasteiger partial charge in [0.05, 0.1) is 74.5 Å². The summed E-state index contributed by atoms with van der Waals surface area (Å²) >= 11 is 4.93. The van der Waals surface area contributed by atoms with Crippen LogP contribution in [0.2, 0.25) is 0 Å². The average Bonchev–Trinajstić information content (AvgIpc) is 3.59. The number of thiocarbonyl (C=S) groups is 1. The molecule has 0 unspecified atom stereocenters. The van der Waals surface area contributed by atoms with Crippen LogP contribution in [0.5, 0.6) is 35.3 Å². The second-order valence-corrected chi connectivity index (χ2v) is 9.17. The molecule has 28 nitrogen and oxygen atoms in total. The Bertz CT molecular complexity index is 1830. The van der Waals surface area contributed by atoms with Gasteiger partial charge in [-0.25, -0.2) is 21.0 Å². The number of nitrogens with one attached hydrogen (secondary N) is 4. The maximum atomic E-state index is 11.2. The first-order chi connectivity index (χ1) is 26.5. The molecular formula is C27H43ClN15NaO13S. The summed E-state index contributed by atoms with van der Waals surface area (Å²) in [7, 11) is 8.69. The van der Waals surface area contributed by atoms with Crippen molar-refractivity contribution in [2.24, 2.45) is 10.9 Å². The maximum Gasteiger partial charge on any atom is 1.00 e. The molecule has 2 amide bonds. The van der Waals surface area contributed by atoms with Crippen molar-refractivity contribution < 1.29 is 92.9 Å². The van der Waals surface area contributed by atoms with Crippen LogP contribution in [-0.2, 0) is 9.47 Å². The molecule has 0 aliphatic carbocycles. The van der Waals surface area contributed by atoms with Gasteiger partial charge in [-0.15, -0.1) is 17.5 Å². The van der Waals surface area contributed by atoms with Gasteiger partial charge in [0.15, 0.2) is 28.2 Å². The predicted molar refractivity (Wildman–Crippen MR) is 202 cm³/mol. The Morgan fingerprint density at radius 2 is 1.31 bits per heavy atom. The molecule has 0 spiro atoms. The van der Waals surface area contributed by atoms with Gasteiger partial charge in [-0.2, -0.15) is 39.4 Å². The van der Waals surface area contributed by atoms with Crippen LogP contribution in [0.3, 0.4) is 0 Å². The van der Waals surface area contributed by atoms with Gasteiger partial charge in [-0.05, 0) is 26.1 Å². The quantitative estimate of drug-likeness (QED) is 0.0267. The number of anilines is 2. The number of amides is 2. The van der Waals surface area contributed by atoms with Crippen molar-refractivity contribution in [2.75, 3.05) is 66.9 Å². The number of nitrogens with zero attached hydrogens (tertiary/aromatic N) is 9. The van der Waals surface area contributed by atoms with E-state index in [1.165, 1.54) is 65.8 Å². The number of aliphatic imine (C=N–C) groups is 1. The fraction of sp³-hybridized carbons (Fsp3) is 0.370. The number of ether oxygens (including phenoxy) is 8. The van der Waals surface area contributed by atoms with E-state index in [2.05, 4.69) is 71.3 Å². The Kier molecular flexibility index (Phi) is 30.7. The number of carbonyl (C=O) groups excluding carboxylic acids is 2. The van der Waals surface area contributed by atoms with Gasteiger partial charge >= 0.3 is 59.8 Å². The Morgan fingerprint density at radius 3 is 1.81 bits per heavy atom. The topological polar surface area (TPSA) is 386 Å². The monoisotopic (exact) mass is 875 g/mol. The first-order valence-electron chi connectivity index (χ1n) is 14.9. The number of aromatic nitrogens is 8. The van der Waals surface area contributed by atoms with Crippen molar-refractivity contribution in [2.45, 2.75) is 13.8 Å². The van der Waals surface area contributed by atoms with Gasteiger partial charge in [0.2, 0.25) is 23.4 Å². The fourth-order valence-corrected chi connectivity index (χ4v) is 3.52. The third kappa shape index (κ3) is 18.5. The molecule has 4 rings (SSSR count). The number of nitrogens with two attached hydrogens (primary N) is 2. The molecule has 0 bridgehead atoms. The Labute approximate surface area is 363 Å². The van der Waals surface area contributed by atoms with Crippen molar-refractivity contribution in [3.05, 3.63) is 18.6 Å². The molecule has 0 atom stereocenters. The van der Waals surface area contributed by atoms with Gasteiger partial charge in [0.1, 0.15) is 0 Å². The van der Waals surface area contributed by atoms with E-state index in [1.54, 1.807) is 19.3 Å². The maximum absolute atomic E-state index is 11.2. The third-order valence-electron chi connectivity index (χ3n) is 5.51. The second-order valence-electron chi connectivity index (χ2n) is 8.76. The van der Waals surface area contributed by atoms with E-state index in [4.69, 9.17) is 56.8 Å². The Balaban J connectivity index is -0.000000755. The molecule has 31 heteroatoms. The van der Waals surface area contributed by atoms with E-state index in [1.807, 2.05) is 0 Å². The molecule has 11 N–H and O–H groups in total. The molecule has 0 radical (unpaired) electrons. The zero-order valence-corrected chi connectivity index (χ0v) is 36.2. The van der Waals surface area contributed by atoms with E-state index < -0.39 is 12.2 Å². The van der Waals surface area contributed by atoms with Gasteiger partial charge in [-0.3, -0.25) is 15.8 Å². The Hall–Kier alpha value is -5.66. The van der Waals surface area contributed by atoms with Crippen LogP contribution in [0.25, 0.3) is 5.65 Å². The van der Waals surface area contributed by atoms with Crippen LogP contribution in [-0.4, -0.2) is 135 Å². The van der Waals surface area contributed by atoms with Crippen molar-refractivity contribution >= 4 is 71.1 Å². The molecular weight excluding hydrogens is 833 g/mol. The van der Waals surface area contributed by atoms with Crippen LogP contribution >= 0.6 is 24.6 Å². The molecule has 0 saturated carbocycles. The number of carbonyl (C=O) groups is 2. The number of hydrogen-bond acceptors (Lipinski definition) is 24. The molecule has 4 heterocycles. The van der Waals surface area contributed by atoms with Crippen LogP contribution in [0, 0.1) is 0 Å². The summed E-state index contributed by atoms with van der Waals surface area (Å²) in [6.45, 7) is 3.75. The second kappa shape index (κ2) is 31.4. The minimum Gasteiger partial charge on any atom is -0.870 e. The number of methoxy groups -OCH3 is 6. The zero-order valence-electron chi connectivity index (χ0n) is 32.6. The summed E-state index contributed by atoms with van der Waals surface area (Å²) < 4.78 is 40.5. The number of halogens is 1. The van der Waals surface area contributed by atoms with Crippen molar-refractivity contribution in [1.29, 1.82) is 0 Å². The molecule has 0 aromatic carbocycles. The standard InChI is InChI=1S/C10H15N5O5.C10H14N4O4S.C7H9N5O2.ClH.H3NO.Na.H2O/c1-4-20-10(16)14-8(15-17)12-7-6(18-2)5-11-9(13-7)19-3;1-4-18-10(15)14-9(19)13-7-6(16-2)5-11-8(12-7)17-3;1-13-4-3-9-7(14-2)12-5(4)10-6(8)11-12;;1-2;;/h5,17H,4H2,1-3H3,(H2,11,12,13,14,15,16);5H,4H2,1-3H3,(H2,11,12,13,14,15,19);3H,1-2H3,(H2,8,11);1H;2H,1H2;;1H2/q;;;;;+1;/p-1. The number of fused-ring (bicyclic) bond motifs is 1. The van der Waals surface area contributed by atoms with Crippen LogP contribution in [0.4, 0.5) is 27.2 Å². The summed E-state index contributed by atoms with van der Waals surface area (Å²) in [6.07, 6.45) is 2.82. The van der Waals surface area contributed by atoms with E-state index in [0.717, 1.165) is 0 Å². The predicted octanol–water partition coefficient (Wildman–Crippen LogP) is -2.55. The van der Waals surface area contributed by atoms with Crippen LogP contribution in [0.1, 0.15) is 13.8 Å². The largest absolute Gasteiger partial charge is 1.00 e. The van der Waals surface area contributed by atoms with Crippen molar-refractivity contribution in [3.8, 4) is 35.3 Å². The molecule has 0 aliphatic rings. The molecule has 318 valence electrons. The molecule has 0 saturated heterocycles. The molecule has 0 fully saturated rings. The van der Waals surface area contributed by atoms with Crippen molar-refractivity contribution in [3.63, 3.8) is 0 Å². The third-order valence-corrected chi connectivity index (χ3v) is 5.72. The summed E-state index contributed by atoms with van der Waals surface area (Å²) in [6, 6.07) is 0.505. The van der Waals surface area contributed by atoms with E-state index in [0.29, 0.717) is 23.2 Å². The van der Waals surface area contributed by atoms with E-state index >= 15 is 0 Å². The number of rotatable bonds is 10. The van der Waals surface area contributed by atoms with Crippen LogP contribution < -0.4 is 91.0 Å². The van der Waals surface area contributed by atoms with E-state index in [-0.39, 0.29) is 107 Å². The molecule has 58 heavy (non-hydrogen) atoms. The Morgan fingerprint density at radius 1 is 0.793 bits per heavy atom. The van der Waals surface area contributed by atoms with Crippen LogP contribution in [0.15, 0.2) is 23.6 Å². The van der Waals surface area contributed by atoms with Gasteiger partial charge in [0, 0.05) is 0 Å². The summed E-state index contributed by atoms with van der Waals surface area (Å²) in [5.74, 6) is 4.76. The fourth-order valence-electron chi connectivity index (χ4n) is 3.34. The summed E-state index contributed by atoms with van der Waals surface area (Å²) in [4.78, 5) is 49.8. The first-order valence-corrected chi connectivity index (χ1v) is 15.3. The van der Waals surface area contributed by atoms with E-state index in [9.17, 15) is 9.59 Å². The first kappa shape index (κ1) is 56.7. The SMILES string of the molecule is CCOC(=O)NC(=Nc1nc(OC)ncc1OC)NO.CCOC(=O)NC(=S)Nc1nc(OC)ncc1OC.COc1cnc(OC)n2nc(N)nc12.Cl.NO.[Na+].[OH-]. The molecule has 4 aromatic rings. The van der Waals surface area contributed by atoms with Gasteiger partial charge < -0.3 is 59.6 Å². The van der Waals surface area contributed by atoms with Gasteiger partial charge in [0.25, 0.3) is 0 Å². The summed E-state index contributed by atoms with van der Waals surface area (Å²) in [5, 5.41) is 26.5. The number of alkyl carbamates (subject to hydrolysis) is 2. The number of guanidine groups is 1. The van der Waals surface area contributed by atoms with Crippen molar-refractivity contribution in [1.82, 2.24) is 55.6 Å². The zero-order chi connectivity index (χ0) is 41.3. The molecule has 4 aromatic heterocycles. The average molecular weight is 876 g/mol. The normalized spacial score (nSPS) is 9.40. The minimum absolute atomic E-state index is 0.